The summed E-state index contributed by atoms with van der Waals surface area (Å²) in [6.07, 6.45) is 2.93. The van der Waals surface area contributed by atoms with Crippen LogP contribution >= 0.6 is 11.3 Å². The van der Waals surface area contributed by atoms with Crippen LogP contribution in [0.2, 0.25) is 0 Å². The van der Waals surface area contributed by atoms with E-state index in [-0.39, 0.29) is 29.8 Å². The molecule has 2 N–H and O–H groups in total. The monoisotopic (exact) mass is 352 g/mol. The number of amides is 2. The Hall–Kier alpha value is -1.11. The summed E-state index contributed by atoms with van der Waals surface area (Å²) in [6.45, 7) is 9.67. The smallest absolute Gasteiger partial charge is 0.315 e. The lowest BCUT2D eigenvalue weighted by Gasteiger charge is -2.52. The number of carbonyl (C=O) groups excluding carboxylic acids is 1. The predicted octanol–water partition coefficient (Wildman–Crippen LogP) is 3.45. The van der Waals surface area contributed by atoms with Crippen LogP contribution in [-0.2, 0) is 9.47 Å². The first kappa shape index (κ1) is 17.7. The van der Waals surface area contributed by atoms with Gasteiger partial charge in [-0.3, -0.25) is 0 Å². The highest BCUT2D eigenvalue weighted by Gasteiger charge is 2.59. The van der Waals surface area contributed by atoms with E-state index in [0.717, 1.165) is 25.9 Å². The fourth-order valence-electron chi connectivity index (χ4n) is 4.03. The summed E-state index contributed by atoms with van der Waals surface area (Å²) in [7, 11) is 0. The van der Waals surface area contributed by atoms with E-state index in [1.165, 1.54) is 15.3 Å². The van der Waals surface area contributed by atoms with Crippen LogP contribution < -0.4 is 10.6 Å². The molecule has 5 nitrogen and oxygen atoms in total. The summed E-state index contributed by atoms with van der Waals surface area (Å²) in [4.78, 5) is 15.0. The highest BCUT2D eigenvalue weighted by molar-refractivity contribution is 7.12. The molecule has 2 heterocycles. The van der Waals surface area contributed by atoms with Gasteiger partial charge in [0.05, 0.1) is 18.2 Å². The van der Waals surface area contributed by atoms with E-state index in [1.54, 1.807) is 11.3 Å². The molecule has 1 aliphatic heterocycles. The molecular weight excluding hydrogens is 324 g/mol. The number of carbonyl (C=O) groups is 1. The van der Waals surface area contributed by atoms with Crippen LogP contribution in [0.3, 0.4) is 0 Å². The van der Waals surface area contributed by atoms with Gasteiger partial charge in [-0.2, -0.15) is 0 Å². The van der Waals surface area contributed by atoms with E-state index < -0.39 is 0 Å². The molecule has 134 valence electrons. The molecule has 24 heavy (non-hydrogen) atoms. The average molecular weight is 353 g/mol. The molecule has 1 saturated carbocycles. The lowest BCUT2D eigenvalue weighted by Crippen LogP contribution is -2.70. The Balaban J connectivity index is 1.58. The van der Waals surface area contributed by atoms with Crippen molar-refractivity contribution in [3.05, 3.63) is 21.4 Å². The van der Waals surface area contributed by atoms with Crippen molar-refractivity contribution < 1.29 is 14.3 Å². The second-order valence-electron chi connectivity index (χ2n) is 6.85. The van der Waals surface area contributed by atoms with Crippen LogP contribution in [0.25, 0.3) is 0 Å². The minimum atomic E-state index is -0.314. The Morgan fingerprint density at radius 3 is 2.92 bits per heavy atom. The number of hydrogen-bond donors (Lipinski definition) is 2. The molecule has 2 amide bonds. The molecule has 2 fully saturated rings. The molecule has 4 atom stereocenters. The molecule has 0 aromatic carbocycles. The standard InChI is InChI=1S/C18H28N2O3S/c1-5-22-16-10-15(18(16)7-6-8-23-18)20-17(21)19-12(3)14-9-11(2)24-13(14)4/h9,12,15-16H,5-8,10H2,1-4H3,(H2,19,20,21). The van der Waals surface area contributed by atoms with E-state index in [1.807, 2.05) is 13.8 Å². The number of ether oxygens (including phenoxy) is 2. The van der Waals surface area contributed by atoms with Gasteiger partial charge < -0.3 is 20.1 Å². The summed E-state index contributed by atoms with van der Waals surface area (Å²) < 4.78 is 11.8. The van der Waals surface area contributed by atoms with E-state index in [9.17, 15) is 4.79 Å². The predicted molar refractivity (Wildman–Crippen MR) is 95.6 cm³/mol. The molecular formula is C18H28N2O3S. The average Bonchev–Trinajstić information content (AvgIpc) is 3.14. The van der Waals surface area contributed by atoms with Gasteiger partial charge >= 0.3 is 6.03 Å². The number of thiophene rings is 1. The van der Waals surface area contributed by atoms with Crippen molar-refractivity contribution in [1.29, 1.82) is 0 Å². The molecule has 1 saturated heterocycles. The third-order valence-electron chi connectivity index (χ3n) is 5.23. The van der Waals surface area contributed by atoms with Crippen LogP contribution in [0.4, 0.5) is 4.79 Å². The third-order valence-corrected chi connectivity index (χ3v) is 6.22. The summed E-state index contributed by atoms with van der Waals surface area (Å²) in [5.41, 5.74) is 0.881. The second-order valence-corrected chi connectivity index (χ2v) is 8.31. The number of aryl methyl sites for hydroxylation is 2. The Morgan fingerprint density at radius 2 is 2.33 bits per heavy atom. The summed E-state index contributed by atoms with van der Waals surface area (Å²) >= 11 is 1.77. The van der Waals surface area contributed by atoms with Gasteiger partial charge in [0.15, 0.2) is 0 Å². The van der Waals surface area contributed by atoms with Gasteiger partial charge in [0, 0.05) is 23.0 Å². The summed E-state index contributed by atoms with van der Waals surface area (Å²) in [6, 6.07) is 2.06. The first-order valence-electron chi connectivity index (χ1n) is 8.85. The van der Waals surface area contributed by atoms with Gasteiger partial charge in [-0.05, 0) is 58.6 Å². The van der Waals surface area contributed by atoms with Gasteiger partial charge in [-0.25, -0.2) is 4.79 Å². The molecule has 2 aliphatic rings. The molecule has 1 aromatic heterocycles. The maximum absolute atomic E-state index is 12.4. The highest BCUT2D eigenvalue weighted by Crippen LogP contribution is 2.45. The van der Waals surface area contributed by atoms with Crippen molar-refractivity contribution in [2.75, 3.05) is 13.2 Å². The fourth-order valence-corrected chi connectivity index (χ4v) is 5.06. The topological polar surface area (TPSA) is 59.6 Å². The normalized spacial score (nSPS) is 30.2. The van der Waals surface area contributed by atoms with Crippen LogP contribution in [0.5, 0.6) is 0 Å². The zero-order chi connectivity index (χ0) is 17.3. The Bertz CT molecular complexity index is 595. The first-order valence-corrected chi connectivity index (χ1v) is 9.67. The minimum Gasteiger partial charge on any atom is -0.375 e. The molecule has 0 bridgehead atoms. The maximum atomic E-state index is 12.4. The van der Waals surface area contributed by atoms with Gasteiger partial charge in [-0.15, -0.1) is 11.3 Å². The fraction of sp³-hybridized carbons (Fsp3) is 0.722. The lowest BCUT2D eigenvalue weighted by molar-refractivity contribution is -0.194. The van der Waals surface area contributed by atoms with Crippen molar-refractivity contribution in [2.24, 2.45) is 0 Å². The van der Waals surface area contributed by atoms with Gasteiger partial charge in [0.2, 0.25) is 0 Å². The minimum absolute atomic E-state index is 0.00170. The largest absolute Gasteiger partial charge is 0.375 e. The molecule has 1 aliphatic carbocycles. The van der Waals surface area contributed by atoms with Crippen LogP contribution in [0.1, 0.15) is 54.5 Å². The maximum Gasteiger partial charge on any atom is 0.315 e. The van der Waals surface area contributed by atoms with Crippen LogP contribution in [0, 0.1) is 13.8 Å². The van der Waals surface area contributed by atoms with E-state index in [0.29, 0.717) is 6.61 Å². The molecule has 1 spiro atoms. The second kappa shape index (κ2) is 7.02. The summed E-state index contributed by atoms with van der Waals surface area (Å²) in [5, 5.41) is 6.18. The van der Waals surface area contributed by atoms with Crippen molar-refractivity contribution >= 4 is 17.4 Å². The number of rotatable bonds is 5. The Labute approximate surface area is 148 Å². The van der Waals surface area contributed by atoms with Crippen molar-refractivity contribution in [1.82, 2.24) is 10.6 Å². The Morgan fingerprint density at radius 1 is 1.54 bits per heavy atom. The summed E-state index contributed by atoms with van der Waals surface area (Å²) in [5.74, 6) is 0. The Kier molecular flexibility index (Phi) is 5.18. The number of hydrogen-bond acceptors (Lipinski definition) is 4. The zero-order valence-corrected chi connectivity index (χ0v) is 15.8. The van der Waals surface area contributed by atoms with Crippen molar-refractivity contribution in [2.45, 2.75) is 70.7 Å². The first-order chi connectivity index (χ1) is 11.5. The quantitative estimate of drug-likeness (QED) is 0.853. The van der Waals surface area contributed by atoms with Crippen LogP contribution in [0.15, 0.2) is 6.07 Å². The van der Waals surface area contributed by atoms with Gasteiger partial charge in [0.25, 0.3) is 0 Å². The molecule has 6 heteroatoms. The van der Waals surface area contributed by atoms with Gasteiger partial charge in [-0.1, -0.05) is 0 Å². The number of urea groups is 1. The zero-order valence-electron chi connectivity index (χ0n) is 15.0. The molecule has 3 rings (SSSR count). The lowest BCUT2D eigenvalue weighted by atomic mass is 9.70. The van der Waals surface area contributed by atoms with Crippen LogP contribution in [-0.4, -0.2) is 37.0 Å². The SMILES string of the molecule is CCOC1CC(NC(=O)NC(C)c2cc(C)sc2C)C12CCCO2. The van der Waals surface area contributed by atoms with E-state index >= 15 is 0 Å². The molecule has 0 radical (unpaired) electrons. The van der Waals surface area contributed by atoms with Crippen molar-refractivity contribution in [3.8, 4) is 0 Å². The third kappa shape index (κ3) is 3.19. The van der Waals surface area contributed by atoms with Crippen molar-refractivity contribution in [3.63, 3.8) is 0 Å². The van der Waals surface area contributed by atoms with Gasteiger partial charge in [0.1, 0.15) is 5.60 Å². The van der Waals surface area contributed by atoms with E-state index in [4.69, 9.17) is 9.47 Å². The molecule has 4 unspecified atom stereocenters. The molecule has 1 aromatic rings. The number of nitrogens with one attached hydrogen (secondary N) is 2. The highest BCUT2D eigenvalue weighted by atomic mass is 32.1. The van der Waals surface area contributed by atoms with E-state index in [2.05, 4.69) is 30.5 Å².